The maximum atomic E-state index is 14.1. The van der Waals surface area contributed by atoms with Crippen molar-refractivity contribution < 1.29 is 22.8 Å². The van der Waals surface area contributed by atoms with Crippen molar-refractivity contribution >= 4 is 17.6 Å². The first kappa shape index (κ1) is 20.3. The molecule has 3 rings (SSSR count). The van der Waals surface area contributed by atoms with Crippen LogP contribution in [0.3, 0.4) is 0 Å². The summed E-state index contributed by atoms with van der Waals surface area (Å²) < 4.78 is 42.4. The van der Waals surface area contributed by atoms with Gasteiger partial charge in [-0.3, -0.25) is 14.5 Å². The second-order valence-electron chi connectivity index (χ2n) is 6.54. The van der Waals surface area contributed by atoms with Crippen LogP contribution in [0.5, 0.6) is 0 Å². The number of aliphatic imine (C=N–C) groups is 1. The van der Waals surface area contributed by atoms with E-state index < -0.39 is 23.7 Å². The lowest BCUT2D eigenvalue weighted by Gasteiger charge is -2.29. The Morgan fingerprint density at radius 1 is 1.21 bits per heavy atom. The van der Waals surface area contributed by atoms with E-state index in [1.807, 2.05) is 5.32 Å². The molecule has 0 saturated heterocycles. The molecule has 8 heteroatoms. The zero-order valence-corrected chi connectivity index (χ0v) is 15.5. The fraction of sp³-hybridized carbons (Fsp3) is 0.190. The van der Waals surface area contributed by atoms with Gasteiger partial charge in [0.05, 0.1) is 0 Å². The number of halogens is 3. The Kier molecular flexibility index (Phi) is 5.28. The summed E-state index contributed by atoms with van der Waals surface area (Å²) >= 11 is 0. The van der Waals surface area contributed by atoms with Gasteiger partial charge < -0.3 is 5.32 Å². The van der Waals surface area contributed by atoms with E-state index in [0.717, 1.165) is 4.90 Å². The van der Waals surface area contributed by atoms with Crippen LogP contribution in [0.15, 0.2) is 72.2 Å². The van der Waals surface area contributed by atoms with Crippen molar-refractivity contribution in [2.45, 2.75) is 18.8 Å². The van der Waals surface area contributed by atoms with Crippen molar-refractivity contribution in [3.8, 4) is 0 Å². The van der Waals surface area contributed by atoms with Crippen molar-refractivity contribution in [1.29, 1.82) is 0 Å². The molecule has 0 bridgehead atoms. The maximum absolute atomic E-state index is 14.1. The number of hydrogen-bond donors (Lipinski definition) is 1. The second kappa shape index (κ2) is 7.54. The zero-order chi connectivity index (χ0) is 21.2. The number of hydrogen-bond acceptors (Lipinski definition) is 3. The average Bonchev–Trinajstić information content (AvgIpc) is 2.96. The van der Waals surface area contributed by atoms with E-state index in [-0.39, 0.29) is 17.9 Å². The van der Waals surface area contributed by atoms with Gasteiger partial charge in [0.1, 0.15) is 5.84 Å². The lowest BCUT2D eigenvalue weighted by molar-refractivity contribution is -0.196. The molecule has 1 N–H and O–H groups in total. The van der Waals surface area contributed by atoms with E-state index >= 15 is 0 Å². The Balaban J connectivity index is 2.11. The van der Waals surface area contributed by atoms with Crippen LogP contribution in [0.1, 0.15) is 21.5 Å². The Morgan fingerprint density at radius 2 is 1.90 bits per heavy atom. The van der Waals surface area contributed by atoms with Crippen molar-refractivity contribution in [3.63, 3.8) is 0 Å². The fourth-order valence-electron chi connectivity index (χ4n) is 3.02. The summed E-state index contributed by atoms with van der Waals surface area (Å²) in [5.74, 6) is -2.61. The van der Waals surface area contributed by atoms with Crippen molar-refractivity contribution in [3.05, 3.63) is 83.9 Å². The molecular weight excluding hydrogens is 383 g/mol. The summed E-state index contributed by atoms with van der Waals surface area (Å²) in [7, 11) is 0. The van der Waals surface area contributed by atoms with E-state index in [0.29, 0.717) is 11.1 Å². The lowest BCUT2D eigenvalue weighted by atomic mass is 10.1. The first-order chi connectivity index (χ1) is 13.7. The first-order valence-electron chi connectivity index (χ1n) is 8.73. The molecule has 0 fully saturated rings. The highest BCUT2D eigenvalue weighted by atomic mass is 19.4. The molecule has 0 spiro atoms. The molecule has 0 saturated carbocycles. The third-order valence-electron chi connectivity index (χ3n) is 4.41. The molecule has 0 radical (unpaired) electrons. The van der Waals surface area contributed by atoms with Crippen LogP contribution in [0.25, 0.3) is 0 Å². The monoisotopic (exact) mass is 401 g/mol. The number of alkyl halides is 3. The number of aryl methyl sites for hydroxylation is 1. The minimum Gasteiger partial charge on any atom is -0.312 e. The normalized spacial score (nSPS) is 19.1. The van der Waals surface area contributed by atoms with Crippen LogP contribution < -0.4 is 5.32 Å². The van der Waals surface area contributed by atoms with Gasteiger partial charge in [-0.1, -0.05) is 54.1 Å². The second-order valence-corrected chi connectivity index (χ2v) is 6.54. The number of nitrogens with one attached hydrogen (secondary N) is 1. The van der Waals surface area contributed by atoms with Crippen molar-refractivity contribution in [1.82, 2.24) is 10.2 Å². The Hall–Kier alpha value is -3.42. The molecule has 1 heterocycles. The molecular formula is C21H18F3N3O2. The van der Waals surface area contributed by atoms with Crippen LogP contribution in [-0.2, 0) is 4.79 Å². The van der Waals surface area contributed by atoms with E-state index in [1.165, 1.54) is 30.3 Å². The third-order valence-corrected chi connectivity index (χ3v) is 4.41. The predicted octanol–water partition coefficient (Wildman–Crippen LogP) is 3.46. The van der Waals surface area contributed by atoms with Gasteiger partial charge >= 0.3 is 11.8 Å². The summed E-state index contributed by atoms with van der Waals surface area (Å²) in [6.45, 7) is 5.01. The lowest BCUT2D eigenvalue weighted by Crippen LogP contribution is -2.63. The van der Waals surface area contributed by atoms with Crippen LogP contribution in [0.2, 0.25) is 0 Å². The molecule has 150 valence electrons. The molecule has 0 aromatic heterocycles. The Bertz CT molecular complexity index is 986. The van der Waals surface area contributed by atoms with Gasteiger partial charge in [0.2, 0.25) is 0 Å². The molecule has 1 aliphatic heterocycles. The third kappa shape index (κ3) is 3.65. The first-order valence-corrected chi connectivity index (χ1v) is 8.73. The Labute approximate surface area is 165 Å². The summed E-state index contributed by atoms with van der Waals surface area (Å²) in [6.07, 6.45) is -3.86. The molecule has 2 aromatic carbocycles. The van der Waals surface area contributed by atoms with Crippen molar-refractivity contribution in [2.75, 3.05) is 6.54 Å². The highest BCUT2D eigenvalue weighted by molar-refractivity contribution is 6.16. The summed E-state index contributed by atoms with van der Waals surface area (Å²) in [5.41, 5.74) is -2.40. The van der Waals surface area contributed by atoms with Crippen LogP contribution in [0.4, 0.5) is 13.2 Å². The standard InChI is InChI=1S/C21H18F3N3O2/c1-3-12-27-17(15-9-5-4-6-10-15)25-20(19(27)29,21(22,23)24)26-18(28)16-11-7-8-14(2)13-16/h3-11,13H,1,12H2,2H3,(H,26,28). The largest absolute Gasteiger partial charge is 0.442 e. The zero-order valence-electron chi connectivity index (χ0n) is 15.5. The predicted molar refractivity (Wildman–Crippen MR) is 102 cm³/mol. The van der Waals surface area contributed by atoms with Crippen molar-refractivity contribution in [2.24, 2.45) is 4.99 Å². The van der Waals surface area contributed by atoms with Gasteiger partial charge in [-0.05, 0) is 19.1 Å². The van der Waals surface area contributed by atoms with Gasteiger partial charge in [0.25, 0.3) is 11.8 Å². The van der Waals surface area contributed by atoms with E-state index in [2.05, 4.69) is 11.6 Å². The summed E-state index contributed by atoms with van der Waals surface area (Å²) in [4.78, 5) is 30.1. The van der Waals surface area contributed by atoms with Gasteiger partial charge in [-0.15, -0.1) is 6.58 Å². The minimum atomic E-state index is -5.15. The molecule has 29 heavy (non-hydrogen) atoms. The van der Waals surface area contributed by atoms with E-state index in [1.54, 1.807) is 37.3 Å². The molecule has 1 aliphatic rings. The fourth-order valence-corrected chi connectivity index (χ4v) is 3.02. The molecule has 1 atom stereocenters. The molecule has 2 aromatic rings. The molecule has 2 amide bonds. The van der Waals surface area contributed by atoms with Gasteiger partial charge in [-0.2, -0.15) is 13.2 Å². The molecule has 5 nitrogen and oxygen atoms in total. The number of carbonyl (C=O) groups excluding carboxylic acids is 2. The highest BCUT2D eigenvalue weighted by Gasteiger charge is 2.67. The minimum absolute atomic E-state index is 0.0000526. The van der Waals surface area contributed by atoms with Gasteiger partial charge in [-0.25, -0.2) is 4.99 Å². The SMILES string of the molecule is C=CCN1C(=O)C(NC(=O)c2cccc(C)c2)(C(F)(F)F)N=C1c1ccccc1. The number of amides is 2. The molecule has 1 unspecified atom stereocenters. The topological polar surface area (TPSA) is 61.8 Å². The maximum Gasteiger partial charge on any atom is 0.442 e. The number of benzene rings is 2. The quantitative estimate of drug-likeness (QED) is 0.780. The van der Waals surface area contributed by atoms with Gasteiger partial charge in [0, 0.05) is 17.7 Å². The number of nitrogens with zero attached hydrogens (tertiary/aromatic N) is 2. The Morgan fingerprint density at radius 3 is 2.48 bits per heavy atom. The van der Waals surface area contributed by atoms with E-state index in [9.17, 15) is 22.8 Å². The van der Waals surface area contributed by atoms with E-state index in [4.69, 9.17) is 0 Å². The number of rotatable bonds is 5. The van der Waals surface area contributed by atoms with Gasteiger partial charge in [0.15, 0.2) is 0 Å². The average molecular weight is 401 g/mol. The smallest absolute Gasteiger partial charge is 0.312 e. The number of amidine groups is 1. The molecule has 0 aliphatic carbocycles. The number of carbonyl (C=O) groups is 2. The van der Waals surface area contributed by atoms with Crippen LogP contribution >= 0.6 is 0 Å². The van der Waals surface area contributed by atoms with Crippen LogP contribution in [-0.4, -0.2) is 40.9 Å². The van der Waals surface area contributed by atoms with Crippen LogP contribution in [0, 0.1) is 6.92 Å². The summed E-state index contributed by atoms with van der Waals surface area (Å²) in [5, 5.41) is 1.84. The highest BCUT2D eigenvalue weighted by Crippen LogP contribution is 2.38. The summed E-state index contributed by atoms with van der Waals surface area (Å²) in [6, 6.07) is 14.1.